The molecule has 0 saturated carbocycles. The molecule has 0 N–H and O–H groups in total. The highest BCUT2D eigenvalue weighted by atomic mass is 16.2. The predicted molar refractivity (Wildman–Crippen MR) is 85.4 cm³/mol. The number of aromatic nitrogens is 2. The number of pyridine rings is 2. The molecule has 2 heterocycles. The van der Waals surface area contributed by atoms with Crippen molar-refractivity contribution in [1.82, 2.24) is 9.97 Å². The lowest BCUT2D eigenvalue weighted by Crippen LogP contribution is -2.30. The monoisotopic (exact) mass is 289 g/mol. The number of hydrogen-bond acceptors (Lipinski definition) is 3. The summed E-state index contributed by atoms with van der Waals surface area (Å²) in [6.07, 6.45) is 6.75. The third-order valence-corrected chi connectivity index (χ3v) is 3.30. The molecule has 4 heteroatoms. The van der Waals surface area contributed by atoms with E-state index in [-0.39, 0.29) is 5.91 Å². The summed E-state index contributed by atoms with van der Waals surface area (Å²) in [5.74, 6) is -0.0579. The number of carbonyl (C=O) groups excluding carboxylic acids is 1. The number of carbonyl (C=O) groups is 1. The van der Waals surface area contributed by atoms with Crippen LogP contribution in [0.25, 0.3) is 0 Å². The van der Waals surface area contributed by atoms with Crippen LogP contribution < -0.4 is 4.90 Å². The molecule has 0 aliphatic carbocycles. The van der Waals surface area contributed by atoms with Crippen molar-refractivity contribution in [2.24, 2.45) is 0 Å². The number of benzene rings is 1. The summed E-state index contributed by atoms with van der Waals surface area (Å²) in [5.41, 5.74) is 2.45. The Morgan fingerprint density at radius 3 is 2.32 bits per heavy atom. The quantitative estimate of drug-likeness (QED) is 0.740. The van der Waals surface area contributed by atoms with Crippen LogP contribution in [0.2, 0.25) is 0 Å². The lowest BCUT2D eigenvalue weighted by atomic mass is 10.1. The lowest BCUT2D eigenvalue weighted by molar-refractivity contribution is 0.0985. The maximum absolute atomic E-state index is 12.8. The smallest absolute Gasteiger partial charge is 0.258 e. The Morgan fingerprint density at radius 2 is 1.64 bits per heavy atom. The molecule has 1 aromatic carbocycles. The summed E-state index contributed by atoms with van der Waals surface area (Å²) in [4.78, 5) is 22.6. The highest BCUT2D eigenvalue weighted by Crippen LogP contribution is 2.19. The summed E-state index contributed by atoms with van der Waals surface area (Å²) < 4.78 is 0. The molecule has 3 aromatic rings. The number of anilines is 1. The van der Waals surface area contributed by atoms with Gasteiger partial charge in [-0.3, -0.25) is 14.8 Å². The van der Waals surface area contributed by atoms with E-state index in [0.717, 1.165) is 11.3 Å². The average molecular weight is 289 g/mol. The van der Waals surface area contributed by atoms with Crippen LogP contribution in [0.3, 0.4) is 0 Å². The summed E-state index contributed by atoms with van der Waals surface area (Å²) in [6, 6.07) is 16.9. The average Bonchev–Trinajstić information content (AvgIpc) is 2.61. The molecule has 0 aliphatic rings. The van der Waals surface area contributed by atoms with Crippen molar-refractivity contribution in [3.05, 3.63) is 90.5 Å². The molecule has 1 amide bonds. The molecule has 3 rings (SSSR count). The van der Waals surface area contributed by atoms with E-state index >= 15 is 0 Å². The van der Waals surface area contributed by atoms with Crippen LogP contribution in [-0.2, 0) is 6.54 Å². The van der Waals surface area contributed by atoms with Crippen LogP contribution >= 0.6 is 0 Å². The molecule has 0 aliphatic heterocycles. The number of rotatable bonds is 4. The number of hydrogen-bond donors (Lipinski definition) is 0. The molecular formula is C18H15N3O. The zero-order chi connectivity index (χ0) is 15.2. The van der Waals surface area contributed by atoms with E-state index in [1.165, 1.54) is 0 Å². The van der Waals surface area contributed by atoms with Crippen molar-refractivity contribution in [3.8, 4) is 0 Å². The zero-order valence-electron chi connectivity index (χ0n) is 12.0. The minimum atomic E-state index is -0.0579. The molecule has 22 heavy (non-hydrogen) atoms. The van der Waals surface area contributed by atoms with Gasteiger partial charge in [0.2, 0.25) is 0 Å². The van der Waals surface area contributed by atoms with E-state index < -0.39 is 0 Å². The third-order valence-electron chi connectivity index (χ3n) is 3.30. The molecular weight excluding hydrogens is 274 g/mol. The molecule has 2 aromatic heterocycles. The summed E-state index contributed by atoms with van der Waals surface area (Å²) in [6.45, 7) is 0.471. The fraction of sp³-hybridized carbons (Fsp3) is 0.0556. The number of nitrogens with zero attached hydrogens (tertiary/aromatic N) is 3. The van der Waals surface area contributed by atoms with Gasteiger partial charge in [0.15, 0.2) is 0 Å². The second-order valence-electron chi connectivity index (χ2n) is 4.82. The van der Waals surface area contributed by atoms with Crippen molar-refractivity contribution in [3.63, 3.8) is 0 Å². The van der Waals surface area contributed by atoms with Gasteiger partial charge in [-0.05, 0) is 35.9 Å². The van der Waals surface area contributed by atoms with Gasteiger partial charge in [0.1, 0.15) is 0 Å². The highest BCUT2D eigenvalue weighted by Gasteiger charge is 2.17. The van der Waals surface area contributed by atoms with Crippen LogP contribution in [0.1, 0.15) is 15.9 Å². The topological polar surface area (TPSA) is 46.1 Å². The molecule has 0 bridgehead atoms. The highest BCUT2D eigenvalue weighted by molar-refractivity contribution is 6.05. The SMILES string of the molecule is O=C(c1ccncc1)N(Cc1cccnc1)c1ccccc1. The molecule has 0 atom stereocenters. The molecule has 4 nitrogen and oxygen atoms in total. The van der Waals surface area contributed by atoms with Crippen molar-refractivity contribution in [2.75, 3.05) is 4.90 Å². The largest absolute Gasteiger partial charge is 0.304 e. The normalized spacial score (nSPS) is 10.2. The standard InChI is InChI=1S/C18H15N3O/c22-18(16-8-11-19-12-9-16)21(17-6-2-1-3-7-17)14-15-5-4-10-20-13-15/h1-13H,14H2. The first-order valence-electron chi connectivity index (χ1n) is 7.00. The molecule has 0 spiro atoms. The van der Waals surface area contributed by atoms with Gasteiger partial charge in [-0.25, -0.2) is 0 Å². The van der Waals surface area contributed by atoms with Gasteiger partial charge >= 0.3 is 0 Å². The van der Waals surface area contributed by atoms with Gasteiger partial charge in [0.25, 0.3) is 5.91 Å². The minimum Gasteiger partial charge on any atom is -0.304 e. The molecule has 0 radical (unpaired) electrons. The van der Waals surface area contributed by atoms with Gasteiger partial charge in [-0.2, -0.15) is 0 Å². The van der Waals surface area contributed by atoms with Gasteiger partial charge < -0.3 is 4.90 Å². The molecule has 0 fully saturated rings. The van der Waals surface area contributed by atoms with Crippen LogP contribution in [0.4, 0.5) is 5.69 Å². The van der Waals surface area contributed by atoms with Gasteiger partial charge in [0, 0.05) is 36.0 Å². The Balaban J connectivity index is 1.95. The molecule has 0 saturated heterocycles. The summed E-state index contributed by atoms with van der Waals surface area (Å²) in [5, 5.41) is 0. The Hall–Kier alpha value is -3.01. The maximum Gasteiger partial charge on any atom is 0.258 e. The Labute approximate surface area is 129 Å². The van der Waals surface area contributed by atoms with Crippen molar-refractivity contribution < 1.29 is 4.79 Å². The van der Waals surface area contributed by atoms with E-state index in [2.05, 4.69) is 9.97 Å². The van der Waals surface area contributed by atoms with Crippen LogP contribution in [0, 0.1) is 0 Å². The fourth-order valence-corrected chi connectivity index (χ4v) is 2.21. The third kappa shape index (κ3) is 3.17. The molecule has 0 unspecified atom stereocenters. The van der Waals surface area contributed by atoms with Crippen LogP contribution in [0.15, 0.2) is 79.4 Å². The van der Waals surface area contributed by atoms with Crippen LogP contribution in [0.5, 0.6) is 0 Å². The van der Waals surface area contributed by atoms with Crippen LogP contribution in [-0.4, -0.2) is 15.9 Å². The lowest BCUT2D eigenvalue weighted by Gasteiger charge is -2.23. The Bertz CT molecular complexity index is 730. The minimum absolute atomic E-state index is 0.0579. The van der Waals surface area contributed by atoms with E-state index in [9.17, 15) is 4.79 Å². The predicted octanol–water partition coefficient (Wildman–Crippen LogP) is 3.32. The Kier molecular flexibility index (Phi) is 4.20. The maximum atomic E-state index is 12.8. The van der Waals surface area contributed by atoms with Gasteiger partial charge in [-0.1, -0.05) is 24.3 Å². The second kappa shape index (κ2) is 6.63. The van der Waals surface area contributed by atoms with Crippen molar-refractivity contribution in [1.29, 1.82) is 0 Å². The van der Waals surface area contributed by atoms with E-state index in [1.807, 2.05) is 42.5 Å². The number of amides is 1. The number of para-hydroxylation sites is 1. The van der Waals surface area contributed by atoms with Gasteiger partial charge in [0.05, 0.1) is 6.54 Å². The van der Waals surface area contributed by atoms with E-state index in [4.69, 9.17) is 0 Å². The second-order valence-corrected chi connectivity index (χ2v) is 4.82. The first-order chi connectivity index (χ1) is 10.8. The first-order valence-corrected chi connectivity index (χ1v) is 7.00. The van der Waals surface area contributed by atoms with E-state index in [0.29, 0.717) is 12.1 Å². The van der Waals surface area contributed by atoms with Gasteiger partial charge in [-0.15, -0.1) is 0 Å². The Morgan fingerprint density at radius 1 is 0.864 bits per heavy atom. The fourth-order valence-electron chi connectivity index (χ4n) is 2.21. The molecule has 108 valence electrons. The summed E-state index contributed by atoms with van der Waals surface area (Å²) >= 11 is 0. The summed E-state index contributed by atoms with van der Waals surface area (Å²) in [7, 11) is 0. The van der Waals surface area contributed by atoms with E-state index in [1.54, 1.807) is 41.8 Å². The van der Waals surface area contributed by atoms with Crippen molar-refractivity contribution >= 4 is 11.6 Å². The zero-order valence-corrected chi connectivity index (χ0v) is 12.0. The van der Waals surface area contributed by atoms with Crippen molar-refractivity contribution in [2.45, 2.75) is 6.54 Å². The first kappa shape index (κ1) is 13.9.